The number of hydrogen-bond donors (Lipinski definition) is 0. The highest BCUT2D eigenvalue weighted by atomic mass is 14.9. The monoisotopic (exact) mass is 405 g/mol. The highest BCUT2D eigenvalue weighted by Crippen LogP contribution is 2.35. The van der Waals surface area contributed by atoms with Crippen LogP contribution in [-0.2, 0) is 0 Å². The van der Waals surface area contributed by atoms with Crippen LogP contribution in [0.15, 0.2) is 46.4 Å². The summed E-state index contributed by atoms with van der Waals surface area (Å²) in [4.78, 5) is 14.9. The topological polar surface area (TPSA) is 37.6 Å². The highest BCUT2D eigenvalue weighted by molar-refractivity contribution is 6.01. The number of benzene rings is 1. The first-order valence-corrected chi connectivity index (χ1v) is 11.1. The third-order valence-corrected chi connectivity index (χ3v) is 5.75. The van der Waals surface area contributed by atoms with Gasteiger partial charge in [-0.25, -0.2) is 4.98 Å². The van der Waals surface area contributed by atoms with E-state index >= 15 is 0 Å². The van der Waals surface area contributed by atoms with Gasteiger partial charge in [0.25, 0.3) is 0 Å². The van der Waals surface area contributed by atoms with Gasteiger partial charge < -0.3 is 0 Å². The van der Waals surface area contributed by atoms with Crippen LogP contribution >= 0.6 is 0 Å². The van der Waals surface area contributed by atoms with Crippen molar-refractivity contribution in [2.24, 2.45) is 15.4 Å². The molecule has 0 fully saturated rings. The van der Waals surface area contributed by atoms with Crippen molar-refractivity contribution in [3.8, 4) is 0 Å². The molecule has 162 valence electrons. The van der Waals surface area contributed by atoms with E-state index in [0.717, 1.165) is 28.5 Å². The lowest BCUT2D eigenvalue weighted by Crippen LogP contribution is -2.22. The minimum absolute atomic E-state index is 0.129. The molecule has 0 unspecified atom stereocenters. The van der Waals surface area contributed by atoms with Gasteiger partial charge in [0, 0.05) is 0 Å². The van der Waals surface area contributed by atoms with Gasteiger partial charge in [-0.3, -0.25) is 9.98 Å². The molecule has 1 heterocycles. The van der Waals surface area contributed by atoms with Crippen LogP contribution < -0.4 is 0 Å². The van der Waals surface area contributed by atoms with E-state index in [1.807, 2.05) is 19.1 Å². The van der Waals surface area contributed by atoms with Crippen LogP contribution in [0.4, 0.5) is 5.69 Å². The molecule has 3 heteroatoms. The van der Waals surface area contributed by atoms with Gasteiger partial charge in [0.1, 0.15) is 0 Å². The number of rotatable bonds is 6. The van der Waals surface area contributed by atoms with Crippen LogP contribution in [0.25, 0.3) is 0 Å². The van der Waals surface area contributed by atoms with Crippen LogP contribution in [0.3, 0.4) is 0 Å². The lowest BCUT2D eigenvalue weighted by Gasteiger charge is -2.24. The van der Waals surface area contributed by atoms with Gasteiger partial charge in [-0.2, -0.15) is 0 Å². The second kappa shape index (κ2) is 9.68. The fraction of sp³-hybridized carbons (Fsp3) is 0.519. The smallest absolute Gasteiger partial charge is 0.0849 e. The number of hydrogen-bond acceptors (Lipinski definition) is 3. The van der Waals surface area contributed by atoms with Gasteiger partial charge in [-0.1, -0.05) is 72.7 Å². The molecule has 0 amide bonds. The first kappa shape index (κ1) is 24.0. The Morgan fingerprint density at radius 3 is 1.70 bits per heavy atom. The molecular weight excluding hydrogens is 366 g/mol. The molecule has 0 spiro atoms. The highest BCUT2D eigenvalue weighted by Gasteiger charge is 2.19. The van der Waals surface area contributed by atoms with Gasteiger partial charge in [0.15, 0.2) is 0 Å². The van der Waals surface area contributed by atoms with E-state index in [1.54, 1.807) is 0 Å². The average molecular weight is 406 g/mol. The Kier molecular flexibility index (Phi) is 7.74. The van der Waals surface area contributed by atoms with E-state index in [-0.39, 0.29) is 11.5 Å². The Hall–Kier alpha value is -2.29. The molecular formula is C27H39N3. The normalized spacial score (nSPS) is 14.5. The molecule has 2 rings (SSSR count). The summed E-state index contributed by atoms with van der Waals surface area (Å²) in [5, 5.41) is 0. The summed E-state index contributed by atoms with van der Waals surface area (Å²) >= 11 is 0. The van der Waals surface area contributed by atoms with Crippen molar-refractivity contribution in [1.82, 2.24) is 4.98 Å². The molecule has 1 aromatic heterocycles. The Morgan fingerprint density at radius 2 is 1.23 bits per heavy atom. The zero-order chi connectivity index (χ0) is 22.6. The molecule has 3 nitrogen and oxygen atoms in total. The van der Waals surface area contributed by atoms with Crippen molar-refractivity contribution in [2.45, 2.75) is 87.1 Å². The molecule has 0 aliphatic carbocycles. The number of aliphatic imine (C=N–C) groups is 2. The summed E-state index contributed by atoms with van der Waals surface area (Å²) in [5.74, 6) is 0.839. The minimum Gasteiger partial charge on any atom is -0.284 e. The van der Waals surface area contributed by atoms with Gasteiger partial charge in [0.2, 0.25) is 0 Å². The zero-order valence-electron chi connectivity index (χ0n) is 20.5. The van der Waals surface area contributed by atoms with E-state index < -0.39 is 0 Å². The zero-order valence-corrected chi connectivity index (χ0v) is 20.5. The summed E-state index contributed by atoms with van der Waals surface area (Å²) in [6, 6.07) is 12.9. The Bertz CT molecular complexity index is 901. The maximum Gasteiger partial charge on any atom is 0.0849 e. The molecule has 0 aliphatic heterocycles. The van der Waals surface area contributed by atoms with E-state index in [4.69, 9.17) is 15.0 Å². The molecule has 2 aromatic rings. The van der Waals surface area contributed by atoms with E-state index in [1.165, 1.54) is 11.1 Å². The molecule has 0 N–H and O–H groups in total. The molecule has 0 saturated carbocycles. The third-order valence-electron chi connectivity index (χ3n) is 5.75. The average Bonchev–Trinajstić information content (AvgIpc) is 2.66. The summed E-state index contributed by atoms with van der Waals surface area (Å²) < 4.78 is 0. The standard InChI is InChI=1S/C27H39N3/c1-17(2)22-13-11-14-23(18(3)4)26(22)29-20(6)25-16-12-15-24(30-25)19(5)28-21(7)27(8,9)10/h11-18,21H,1-10H3/t21-/m1/s1. The largest absolute Gasteiger partial charge is 0.284 e. The second-order valence-corrected chi connectivity index (χ2v) is 9.96. The van der Waals surface area contributed by atoms with Crippen LogP contribution in [0.1, 0.15) is 104 Å². The number of para-hydroxylation sites is 1. The fourth-order valence-electron chi connectivity index (χ4n) is 3.25. The molecule has 1 atom stereocenters. The number of aromatic nitrogens is 1. The van der Waals surface area contributed by atoms with Gasteiger partial charge in [0.05, 0.1) is 34.5 Å². The van der Waals surface area contributed by atoms with E-state index in [2.05, 4.69) is 86.6 Å². The maximum absolute atomic E-state index is 5.09. The van der Waals surface area contributed by atoms with E-state index in [0.29, 0.717) is 11.8 Å². The SMILES string of the molecule is CC(=Nc1c(C(C)C)cccc1C(C)C)c1cccc(C(C)=N[C@H](C)C(C)(C)C)n1. The molecule has 0 saturated heterocycles. The molecule has 1 aromatic carbocycles. The maximum atomic E-state index is 5.09. The fourth-order valence-corrected chi connectivity index (χ4v) is 3.25. The Labute approximate surface area is 183 Å². The number of pyridine rings is 1. The predicted octanol–water partition coefficient (Wildman–Crippen LogP) is 7.71. The second-order valence-electron chi connectivity index (χ2n) is 9.96. The lowest BCUT2D eigenvalue weighted by atomic mass is 9.88. The van der Waals surface area contributed by atoms with Gasteiger partial charge in [-0.05, 0) is 61.3 Å². The molecule has 30 heavy (non-hydrogen) atoms. The Balaban J connectivity index is 2.49. The Morgan fingerprint density at radius 1 is 0.767 bits per heavy atom. The summed E-state index contributed by atoms with van der Waals surface area (Å²) in [7, 11) is 0. The van der Waals surface area contributed by atoms with Crippen molar-refractivity contribution in [3.05, 3.63) is 58.9 Å². The van der Waals surface area contributed by atoms with Crippen molar-refractivity contribution in [1.29, 1.82) is 0 Å². The predicted molar refractivity (Wildman–Crippen MR) is 132 cm³/mol. The van der Waals surface area contributed by atoms with Crippen molar-refractivity contribution >= 4 is 17.1 Å². The van der Waals surface area contributed by atoms with Gasteiger partial charge in [-0.15, -0.1) is 0 Å². The quantitative estimate of drug-likeness (QED) is 0.453. The molecule has 0 radical (unpaired) electrons. The van der Waals surface area contributed by atoms with E-state index in [9.17, 15) is 0 Å². The number of nitrogens with zero attached hydrogens (tertiary/aromatic N) is 3. The van der Waals surface area contributed by atoms with Crippen molar-refractivity contribution in [3.63, 3.8) is 0 Å². The first-order valence-electron chi connectivity index (χ1n) is 11.1. The van der Waals surface area contributed by atoms with Crippen molar-refractivity contribution in [2.75, 3.05) is 0 Å². The van der Waals surface area contributed by atoms with Gasteiger partial charge >= 0.3 is 0 Å². The summed E-state index contributed by atoms with van der Waals surface area (Å²) in [6.45, 7) is 21.8. The summed E-state index contributed by atoms with van der Waals surface area (Å²) in [6.07, 6.45) is 0. The first-order chi connectivity index (χ1) is 13.9. The lowest BCUT2D eigenvalue weighted by molar-refractivity contribution is 0.342. The third kappa shape index (κ3) is 5.87. The molecule has 0 aliphatic rings. The van der Waals surface area contributed by atoms with Crippen LogP contribution in [-0.4, -0.2) is 22.4 Å². The van der Waals surface area contributed by atoms with Crippen molar-refractivity contribution < 1.29 is 0 Å². The molecule has 0 bridgehead atoms. The summed E-state index contributed by atoms with van der Waals surface area (Å²) in [5.41, 5.74) is 7.52. The van der Waals surface area contributed by atoms with Crippen LogP contribution in [0.5, 0.6) is 0 Å². The minimum atomic E-state index is 0.129. The van der Waals surface area contributed by atoms with Crippen LogP contribution in [0, 0.1) is 5.41 Å². The van der Waals surface area contributed by atoms with Crippen LogP contribution in [0.2, 0.25) is 0 Å².